The minimum absolute atomic E-state index is 0.114. The van der Waals surface area contributed by atoms with Crippen LogP contribution in [-0.4, -0.2) is 57.5 Å². The van der Waals surface area contributed by atoms with Crippen LogP contribution in [0.5, 0.6) is 0 Å². The van der Waals surface area contributed by atoms with Gasteiger partial charge in [0, 0.05) is 12.8 Å². The number of carbonyl (C=O) groups is 6. The number of Topliss-reactive ketones (excluding diaryl/α,β-unsaturated/α-hetero) is 2. The lowest BCUT2D eigenvalue weighted by molar-refractivity contribution is -0.158. The van der Waals surface area contributed by atoms with Gasteiger partial charge < -0.3 is 19.1 Å². The Balaban J connectivity index is 1.88. The smallest absolute Gasteiger partial charge is 0.417 e. The summed E-state index contributed by atoms with van der Waals surface area (Å²) in [6.45, 7) is 2.32. The Morgan fingerprint density at radius 3 is 1.29 bits per heavy atom. The summed E-state index contributed by atoms with van der Waals surface area (Å²) >= 11 is 0. The lowest BCUT2D eigenvalue weighted by Gasteiger charge is -2.41. The number of imide groups is 2. The Morgan fingerprint density at radius 2 is 0.974 bits per heavy atom. The summed E-state index contributed by atoms with van der Waals surface area (Å²) in [6, 6.07) is 14.6. The molecule has 4 amide bonds. The lowest BCUT2D eigenvalue weighted by atomic mass is 9.97. The number of benzene rings is 2. The quantitative estimate of drug-likeness (QED) is 0.461. The van der Waals surface area contributed by atoms with Crippen molar-refractivity contribution in [3.8, 4) is 0 Å². The van der Waals surface area contributed by atoms with Crippen molar-refractivity contribution in [3.63, 3.8) is 0 Å². The van der Waals surface area contributed by atoms with Crippen molar-refractivity contribution in [2.75, 3.05) is 0 Å². The molecule has 200 valence electrons. The summed E-state index contributed by atoms with van der Waals surface area (Å²) in [6.07, 6.45) is -2.77. The second-order valence-electron chi connectivity index (χ2n) is 9.01. The molecule has 2 aromatic carbocycles. The summed E-state index contributed by atoms with van der Waals surface area (Å²) in [7, 11) is 0. The molecule has 1 aliphatic rings. The first-order chi connectivity index (χ1) is 18.2. The summed E-state index contributed by atoms with van der Waals surface area (Å²) in [4.78, 5) is 78.2. The van der Waals surface area contributed by atoms with Gasteiger partial charge in [0.05, 0.1) is 0 Å². The Morgan fingerprint density at radius 1 is 0.632 bits per heavy atom. The van der Waals surface area contributed by atoms with Crippen LogP contribution in [0, 0.1) is 0 Å². The molecule has 2 aromatic rings. The van der Waals surface area contributed by atoms with Gasteiger partial charge in [0.2, 0.25) is 0 Å². The van der Waals surface area contributed by atoms with E-state index < -0.39 is 36.1 Å². The van der Waals surface area contributed by atoms with Gasteiger partial charge in [-0.05, 0) is 37.8 Å². The fourth-order valence-electron chi connectivity index (χ4n) is 4.05. The molecular weight excluding hydrogens is 492 g/mol. The summed E-state index contributed by atoms with van der Waals surface area (Å²) < 4.78 is 10.7. The van der Waals surface area contributed by atoms with E-state index in [0.717, 1.165) is 0 Å². The summed E-state index contributed by atoms with van der Waals surface area (Å²) in [5, 5.41) is 0. The molecule has 0 radical (unpaired) electrons. The number of rotatable bonds is 10. The second kappa shape index (κ2) is 13.3. The molecule has 1 saturated heterocycles. The molecule has 3 rings (SSSR count). The molecule has 1 aliphatic heterocycles. The van der Waals surface area contributed by atoms with Crippen molar-refractivity contribution >= 4 is 35.6 Å². The average Bonchev–Trinajstić information content (AvgIpc) is 2.90. The topological polar surface area (TPSA) is 127 Å². The molecule has 2 atom stereocenters. The highest BCUT2D eigenvalue weighted by Crippen LogP contribution is 2.27. The second-order valence-corrected chi connectivity index (χ2v) is 9.01. The van der Waals surface area contributed by atoms with Crippen molar-refractivity contribution in [2.24, 2.45) is 0 Å². The van der Waals surface area contributed by atoms with Gasteiger partial charge in [-0.25, -0.2) is 19.4 Å². The normalized spacial score (nSPS) is 17.2. The van der Waals surface area contributed by atoms with Crippen LogP contribution in [0.25, 0.3) is 0 Å². The standard InChI is InChI=1S/C28H30N2O8/c1-19(31)13-15-23-25(33)30(28(36)38-18-22-11-7-4-8-12-22)24(16-14-20(2)32)26(34)29(23)27(35)37-17-21-9-5-3-6-10-21/h3-12,23-24H,13-18H2,1-2H3. The monoisotopic (exact) mass is 522 g/mol. The number of carbonyl (C=O) groups excluding carboxylic acids is 6. The van der Waals surface area contributed by atoms with Gasteiger partial charge in [-0.3, -0.25) is 9.59 Å². The summed E-state index contributed by atoms with van der Waals surface area (Å²) in [5.74, 6) is -2.29. The highest BCUT2D eigenvalue weighted by molar-refractivity contribution is 6.10. The van der Waals surface area contributed by atoms with Crippen molar-refractivity contribution in [1.82, 2.24) is 9.80 Å². The molecule has 38 heavy (non-hydrogen) atoms. The van der Waals surface area contributed by atoms with Gasteiger partial charge in [0.1, 0.15) is 36.9 Å². The van der Waals surface area contributed by atoms with E-state index in [1.165, 1.54) is 13.8 Å². The number of hydrogen-bond donors (Lipinski definition) is 0. The van der Waals surface area contributed by atoms with E-state index in [-0.39, 0.29) is 50.5 Å². The Labute approximate surface area is 220 Å². The molecule has 0 saturated carbocycles. The molecular formula is C28H30N2O8. The van der Waals surface area contributed by atoms with Gasteiger partial charge in [-0.2, -0.15) is 0 Å². The number of amides is 4. The molecule has 0 spiro atoms. The van der Waals surface area contributed by atoms with Crippen LogP contribution in [0.2, 0.25) is 0 Å². The Kier molecular flexibility index (Phi) is 9.86. The zero-order valence-corrected chi connectivity index (χ0v) is 21.3. The fourth-order valence-corrected chi connectivity index (χ4v) is 4.05. The molecule has 1 heterocycles. The minimum Gasteiger partial charge on any atom is -0.444 e. The molecule has 1 fully saturated rings. The molecule has 0 bridgehead atoms. The zero-order valence-electron chi connectivity index (χ0n) is 21.3. The van der Waals surface area contributed by atoms with Crippen molar-refractivity contribution in [1.29, 1.82) is 0 Å². The van der Waals surface area contributed by atoms with E-state index >= 15 is 0 Å². The first-order valence-electron chi connectivity index (χ1n) is 12.3. The van der Waals surface area contributed by atoms with Gasteiger partial charge in [0.15, 0.2) is 0 Å². The number of piperazine rings is 1. The van der Waals surface area contributed by atoms with E-state index in [1.54, 1.807) is 60.7 Å². The van der Waals surface area contributed by atoms with Crippen molar-refractivity contribution in [2.45, 2.75) is 64.8 Å². The van der Waals surface area contributed by atoms with Crippen LogP contribution in [0.4, 0.5) is 9.59 Å². The molecule has 2 unspecified atom stereocenters. The van der Waals surface area contributed by atoms with Crippen LogP contribution in [0.15, 0.2) is 60.7 Å². The summed E-state index contributed by atoms with van der Waals surface area (Å²) in [5.41, 5.74) is 1.33. The molecule has 10 nitrogen and oxygen atoms in total. The van der Waals surface area contributed by atoms with Crippen LogP contribution < -0.4 is 0 Å². The Hall–Kier alpha value is -4.34. The predicted molar refractivity (Wildman–Crippen MR) is 134 cm³/mol. The SMILES string of the molecule is CC(=O)CCC1C(=O)N(C(=O)OCc2ccccc2)C(CCC(C)=O)C(=O)N1C(=O)OCc1ccccc1. The number of ketones is 2. The van der Waals surface area contributed by atoms with Crippen molar-refractivity contribution < 1.29 is 38.2 Å². The molecule has 0 aliphatic carbocycles. The molecule has 0 N–H and O–H groups in total. The third-order valence-corrected chi connectivity index (χ3v) is 6.01. The minimum atomic E-state index is -1.45. The highest BCUT2D eigenvalue weighted by atomic mass is 16.6. The third kappa shape index (κ3) is 7.34. The highest BCUT2D eigenvalue weighted by Gasteiger charge is 2.52. The van der Waals surface area contributed by atoms with Crippen molar-refractivity contribution in [3.05, 3.63) is 71.8 Å². The average molecular weight is 523 g/mol. The third-order valence-electron chi connectivity index (χ3n) is 6.01. The number of hydrogen-bond acceptors (Lipinski definition) is 8. The van der Waals surface area contributed by atoms with Crippen LogP contribution in [0.1, 0.15) is 50.7 Å². The fraction of sp³-hybridized carbons (Fsp3) is 0.357. The molecule has 0 aromatic heterocycles. The largest absolute Gasteiger partial charge is 0.444 e. The Bertz CT molecular complexity index is 1090. The van der Waals surface area contributed by atoms with E-state index in [1.807, 2.05) is 0 Å². The lowest BCUT2D eigenvalue weighted by Crippen LogP contribution is -2.67. The van der Waals surface area contributed by atoms with E-state index in [2.05, 4.69) is 0 Å². The maximum Gasteiger partial charge on any atom is 0.417 e. The first-order valence-corrected chi connectivity index (χ1v) is 12.3. The van der Waals surface area contributed by atoms with Crippen LogP contribution in [0.3, 0.4) is 0 Å². The van der Waals surface area contributed by atoms with Gasteiger partial charge in [-0.1, -0.05) is 60.7 Å². The first kappa shape index (κ1) is 28.2. The zero-order chi connectivity index (χ0) is 27.7. The maximum atomic E-state index is 13.6. The van der Waals surface area contributed by atoms with Crippen LogP contribution >= 0.6 is 0 Å². The van der Waals surface area contributed by atoms with Gasteiger partial charge in [0.25, 0.3) is 11.8 Å². The molecule has 10 heteroatoms. The maximum absolute atomic E-state index is 13.6. The van der Waals surface area contributed by atoms with E-state index in [9.17, 15) is 28.8 Å². The van der Waals surface area contributed by atoms with Crippen LogP contribution in [-0.2, 0) is 41.9 Å². The van der Waals surface area contributed by atoms with Gasteiger partial charge in [-0.15, -0.1) is 0 Å². The van der Waals surface area contributed by atoms with Gasteiger partial charge >= 0.3 is 12.2 Å². The van der Waals surface area contributed by atoms with E-state index in [4.69, 9.17) is 9.47 Å². The number of nitrogens with zero attached hydrogens (tertiary/aromatic N) is 2. The number of ether oxygens (including phenoxy) is 2. The van der Waals surface area contributed by atoms with E-state index in [0.29, 0.717) is 20.9 Å². The predicted octanol–water partition coefficient (Wildman–Crippen LogP) is 3.81.